The quantitative estimate of drug-likeness (QED) is 0.845. The fourth-order valence-electron chi connectivity index (χ4n) is 1.51. The number of anilines is 1. The Morgan fingerprint density at radius 1 is 1.29 bits per heavy atom. The van der Waals surface area contributed by atoms with Crippen molar-refractivity contribution in [3.63, 3.8) is 0 Å². The fraction of sp³-hybridized carbons (Fsp3) is 0.417. The summed E-state index contributed by atoms with van der Waals surface area (Å²) in [6.45, 7) is 6.40. The third-order valence-corrected chi connectivity index (χ3v) is 3.18. The van der Waals surface area contributed by atoms with Gasteiger partial charge in [-0.15, -0.1) is 0 Å². The van der Waals surface area contributed by atoms with E-state index < -0.39 is 0 Å². The van der Waals surface area contributed by atoms with Crippen LogP contribution < -0.4 is 10.2 Å². The highest BCUT2D eigenvalue weighted by molar-refractivity contribution is 6.35. The summed E-state index contributed by atoms with van der Waals surface area (Å²) >= 11 is 11.8. The Balaban J connectivity index is 2.64. The van der Waals surface area contributed by atoms with Gasteiger partial charge in [0, 0.05) is 5.02 Å². The number of rotatable bonds is 5. The number of quaternary nitrogens is 1. The first-order valence-corrected chi connectivity index (χ1v) is 6.40. The minimum atomic E-state index is -0.0483. The van der Waals surface area contributed by atoms with Crippen LogP contribution in [0.2, 0.25) is 10.0 Å². The van der Waals surface area contributed by atoms with Crippen LogP contribution in [0.4, 0.5) is 5.69 Å². The highest BCUT2D eigenvalue weighted by Crippen LogP contribution is 2.25. The summed E-state index contributed by atoms with van der Waals surface area (Å²) < 4.78 is 0. The first kappa shape index (κ1) is 14.3. The van der Waals surface area contributed by atoms with E-state index in [4.69, 9.17) is 23.2 Å². The van der Waals surface area contributed by atoms with Crippen molar-refractivity contribution in [2.45, 2.75) is 13.8 Å². The van der Waals surface area contributed by atoms with Gasteiger partial charge < -0.3 is 10.2 Å². The van der Waals surface area contributed by atoms with Gasteiger partial charge in [-0.3, -0.25) is 4.79 Å². The summed E-state index contributed by atoms with van der Waals surface area (Å²) in [6, 6.07) is 5.01. The number of likely N-dealkylation sites (N-methyl/N-ethyl adjacent to an activating group) is 1. The Morgan fingerprint density at radius 2 is 1.94 bits per heavy atom. The number of hydrogen-bond donors (Lipinski definition) is 2. The maximum Gasteiger partial charge on any atom is 0.279 e. The predicted octanol–water partition coefficient (Wildman–Crippen LogP) is 1.86. The van der Waals surface area contributed by atoms with Crippen molar-refractivity contribution >= 4 is 34.8 Å². The molecule has 0 fully saturated rings. The Hall–Kier alpha value is -0.770. The second-order valence-corrected chi connectivity index (χ2v) is 4.65. The Labute approximate surface area is 112 Å². The van der Waals surface area contributed by atoms with Crippen LogP contribution in [0.15, 0.2) is 18.2 Å². The average Bonchev–Trinajstić information content (AvgIpc) is 2.31. The standard InChI is InChI=1S/C12H16Cl2N2O/c1-3-16(4-2)8-12(17)15-11-7-9(13)5-6-10(11)14/h5-7H,3-4,8H2,1-2H3,(H,15,17)/p+1. The topological polar surface area (TPSA) is 33.5 Å². The lowest BCUT2D eigenvalue weighted by molar-refractivity contribution is -0.888. The van der Waals surface area contributed by atoms with Gasteiger partial charge in [0.15, 0.2) is 6.54 Å². The molecular weight excluding hydrogens is 259 g/mol. The van der Waals surface area contributed by atoms with Gasteiger partial charge in [0.05, 0.1) is 23.8 Å². The maximum absolute atomic E-state index is 11.8. The number of carbonyl (C=O) groups excluding carboxylic acids is 1. The lowest BCUT2D eigenvalue weighted by atomic mass is 10.3. The lowest BCUT2D eigenvalue weighted by Crippen LogP contribution is -3.12. The van der Waals surface area contributed by atoms with E-state index in [1.165, 1.54) is 4.90 Å². The van der Waals surface area contributed by atoms with Crippen LogP contribution in [0.3, 0.4) is 0 Å². The number of carbonyl (C=O) groups is 1. The van der Waals surface area contributed by atoms with Crippen molar-refractivity contribution in [2.75, 3.05) is 25.0 Å². The van der Waals surface area contributed by atoms with E-state index >= 15 is 0 Å². The van der Waals surface area contributed by atoms with Crippen LogP contribution in [0, 0.1) is 0 Å². The van der Waals surface area contributed by atoms with Crippen molar-refractivity contribution in [1.82, 2.24) is 0 Å². The molecule has 0 radical (unpaired) electrons. The molecule has 0 saturated carbocycles. The van der Waals surface area contributed by atoms with Gasteiger partial charge in [-0.25, -0.2) is 0 Å². The molecule has 0 atom stereocenters. The van der Waals surface area contributed by atoms with Crippen LogP contribution in [0.5, 0.6) is 0 Å². The summed E-state index contributed by atoms with van der Waals surface area (Å²) in [5.41, 5.74) is 0.565. The third-order valence-electron chi connectivity index (χ3n) is 2.61. The molecule has 1 aromatic carbocycles. The molecule has 94 valence electrons. The Bertz CT molecular complexity index is 392. The van der Waals surface area contributed by atoms with E-state index in [1.807, 2.05) is 0 Å². The van der Waals surface area contributed by atoms with Crippen molar-refractivity contribution in [3.8, 4) is 0 Å². The number of benzene rings is 1. The van der Waals surface area contributed by atoms with Gasteiger partial charge in [-0.2, -0.15) is 0 Å². The fourth-order valence-corrected chi connectivity index (χ4v) is 1.85. The molecule has 0 unspecified atom stereocenters. The molecule has 0 heterocycles. The summed E-state index contributed by atoms with van der Waals surface area (Å²) in [5, 5.41) is 3.83. The van der Waals surface area contributed by atoms with Crippen LogP contribution in [-0.4, -0.2) is 25.5 Å². The van der Waals surface area contributed by atoms with Crippen molar-refractivity contribution in [1.29, 1.82) is 0 Å². The Morgan fingerprint density at radius 3 is 2.53 bits per heavy atom. The van der Waals surface area contributed by atoms with E-state index in [2.05, 4.69) is 19.2 Å². The molecule has 1 rings (SSSR count). The first-order chi connectivity index (χ1) is 8.06. The van der Waals surface area contributed by atoms with Crippen molar-refractivity contribution in [3.05, 3.63) is 28.2 Å². The van der Waals surface area contributed by atoms with Crippen LogP contribution >= 0.6 is 23.2 Å². The second-order valence-electron chi connectivity index (χ2n) is 3.81. The third kappa shape index (κ3) is 4.54. The van der Waals surface area contributed by atoms with Gasteiger partial charge in [0.2, 0.25) is 0 Å². The minimum Gasteiger partial charge on any atom is -0.328 e. The first-order valence-electron chi connectivity index (χ1n) is 5.65. The molecule has 1 aromatic rings. The smallest absolute Gasteiger partial charge is 0.279 e. The van der Waals surface area contributed by atoms with E-state index in [-0.39, 0.29) is 5.91 Å². The monoisotopic (exact) mass is 275 g/mol. The number of nitrogens with one attached hydrogen (secondary N) is 2. The lowest BCUT2D eigenvalue weighted by Gasteiger charge is -2.15. The minimum absolute atomic E-state index is 0.0483. The predicted molar refractivity (Wildman–Crippen MR) is 72.0 cm³/mol. The highest BCUT2D eigenvalue weighted by atomic mass is 35.5. The van der Waals surface area contributed by atoms with Crippen molar-refractivity contribution in [2.24, 2.45) is 0 Å². The molecule has 2 N–H and O–H groups in total. The van der Waals surface area contributed by atoms with Gasteiger partial charge in [0.1, 0.15) is 0 Å². The van der Waals surface area contributed by atoms with Crippen LogP contribution in [0.1, 0.15) is 13.8 Å². The average molecular weight is 276 g/mol. The normalized spacial score (nSPS) is 10.6. The molecule has 0 aliphatic rings. The molecule has 0 bridgehead atoms. The number of amides is 1. The molecule has 0 aromatic heterocycles. The Kier molecular flexibility index (Phi) is 5.75. The molecule has 0 spiro atoms. The van der Waals surface area contributed by atoms with E-state index in [9.17, 15) is 4.79 Å². The zero-order valence-electron chi connectivity index (χ0n) is 10.0. The summed E-state index contributed by atoms with van der Waals surface area (Å²) in [6.07, 6.45) is 0. The largest absolute Gasteiger partial charge is 0.328 e. The van der Waals surface area contributed by atoms with Crippen LogP contribution in [0.25, 0.3) is 0 Å². The van der Waals surface area contributed by atoms with E-state index in [1.54, 1.807) is 18.2 Å². The molecule has 0 aliphatic heterocycles. The second kappa shape index (κ2) is 6.84. The molecule has 0 aliphatic carbocycles. The maximum atomic E-state index is 11.8. The summed E-state index contributed by atoms with van der Waals surface area (Å²) in [4.78, 5) is 13.0. The number of hydrogen-bond acceptors (Lipinski definition) is 1. The SMILES string of the molecule is CC[NH+](CC)CC(=O)Nc1cc(Cl)ccc1Cl. The van der Waals surface area contributed by atoms with Gasteiger partial charge in [-0.05, 0) is 32.0 Å². The van der Waals surface area contributed by atoms with E-state index in [0.29, 0.717) is 22.3 Å². The molecule has 5 heteroatoms. The molecule has 17 heavy (non-hydrogen) atoms. The number of halogens is 2. The highest BCUT2D eigenvalue weighted by Gasteiger charge is 2.12. The van der Waals surface area contributed by atoms with Gasteiger partial charge in [-0.1, -0.05) is 23.2 Å². The summed E-state index contributed by atoms with van der Waals surface area (Å²) in [7, 11) is 0. The van der Waals surface area contributed by atoms with Crippen LogP contribution in [-0.2, 0) is 4.79 Å². The van der Waals surface area contributed by atoms with E-state index in [0.717, 1.165) is 13.1 Å². The molecule has 0 saturated heterocycles. The molecule has 1 amide bonds. The zero-order valence-corrected chi connectivity index (χ0v) is 11.5. The zero-order chi connectivity index (χ0) is 12.8. The summed E-state index contributed by atoms with van der Waals surface area (Å²) in [5.74, 6) is -0.0483. The van der Waals surface area contributed by atoms with Crippen molar-refractivity contribution < 1.29 is 9.69 Å². The molecular formula is C12H17Cl2N2O+. The van der Waals surface area contributed by atoms with Gasteiger partial charge >= 0.3 is 0 Å². The molecule has 3 nitrogen and oxygen atoms in total. The van der Waals surface area contributed by atoms with Gasteiger partial charge in [0.25, 0.3) is 5.91 Å².